The molecule has 0 aliphatic heterocycles. The van der Waals surface area contributed by atoms with Gasteiger partial charge in [-0.25, -0.2) is 4.68 Å². The Kier molecular flexibility index (Phi) is 4.72. The van der Waals surface area contributed by atoms with Gasteiger partial charge in [0.25, 0.3) is 5.91 Å². The highest BCUT2D eigenvalue weighted by Crippen LogP contribution is 2.19. The monoisotopic (exact) mass is 378 g/mol. The van der Waals surface area contributed by atoms with Gasteiger partial charge in [-0.05, 0) is 48.5 Å². The molecule has 0 spiro atoms. The number of rotatable bonds is 5. The molecule has 7 heteroatoms. The molecule has 0 atom stereocenters. The van der Waals surface area contributed by atoms with Crippen LogP contribution in [0.3, 0.4) is 0 Å². The minimum atomic E-state index is -0.206. The maximum Gasteiger partial charge on any atom is 0.253 e. The van der Waals surface area contributed by atoms with Gasteiger partial charge in [0.2, 0.25) is 0 Å². The molecule has 3 aromatic heterocycles. The molecule has 134 valence electrons. The van der Waals surface area contributed by atoms with Crippen LogP contribution in [0.2, 0.25) is 5.02 Å². The van der Waals surface area contributed by atoms with E-state index in [1.165, 1.54) is 0 Å². The number of hydrogen-bond acceptors (Lipinski definition) is 4. The summed E-state index contributed by atoms with van der Waals surface area (Å²) in [6.07, 6.45) is 6.73. The number of furan rings is 1. The van der Waals surface area contributed by atoms with E-state index in [0.29, 0.717) is 22.9 Å². The molecular weight excluding hydrogens is 364 g/mol. The Bertz CT molecular complexity index is 1040. The minimum Gasteiger partial charge on any atom is -0.467 e. The SMILES string of the molecule is O=C(NCc1ccco1)c1ccc(-c2cnn(-c3ccc(Cl)cc3)c2)nc1. The van der Waals surface area contributed by atoms with Crippen molar-refractivity contribution >= 4 is 17.5 Å². The third kappa shape index (κ3) is 3.91. The molecule has 0 bridgehead atoms. The van der Waals surface area contributed by atoms with Crippen LogP contribution in [0.4, 0.5) is 0 Å². The van der Waals surface area contributed by atoms with Gasteiger partial charge in [0.1, 0.15) is 5.76 Å². The summed E-state index contributed by atoms with van der Waals surface area (Å²) in [5.41, 5.74) is 2.97. The lowest BCUT2D eigenvalue weighted by atomic mass is 10.2. The molecule has 3 heterocycles. The molecule has 1 aromatic carbocycles. The van der Waals surface area contributed by atoms with Crippen LogP contribution in [0.25, 0.3) is 16.9 Å². The summed E-state index contributed by atoms with van der Waals surface area (Å²) in [7, 11) is 0. The smallest absolute Gasteiger partial charge is 0.253 e. The van der Waals surface area contributed by atoms with Crippen molar-refractivity contribution in [3.63, 3.8) is 0 Å². The number of carbonyl (C=O) groups is 1. The number of carbonyl (C=O) groups excluding carboxylic acids is 1. The fourth-order valence-electron chi connectivity index (χ4n) is 2.57. The van der Waals surface area contributed by atoms with Gasteiger partial charge in [0.05, 0.1) is 35.9 Å². The molecule has 4 aromatic rings. The van der Waals surface area contributed by atoms with Gasteiger partial charge < -0.3 is 9.73 Å². The topological polar surface area (TPSA) is 73.0 Å². The lowest BCUT2D eigenvalue weighted by Gasteiger charge is -2.04. The van der Waals surface area contributed by atoms with Gasteiger partial charge in [0, 0.05) is 23.0 Å². The summed E-state index contributed by atoms with van der Waals surface area (Å²) in [4.78, 5) is 16.6. The van der Waals surface area contributed by atoms with E-state index in [0.717, 1.165) is 16.9 Å². The summed E-state index contributed by atoms with van der Waals surface area (Å²) < 4.78 is 6.94. The first-order valence-corrected chi connectivity index (χ1v) is 8.64. The molecular formula is C20H15ClN4O2. The molecule has 4 rings (SSSR count). The highest BCUT2D eigenvalue weighted by molar-refractivity contribution is 6.30. The molecule has 0 fully saturated rings. The largest absolute Gasteiger partial charge is 0.467 e. The summed E-state index contributed by atoms with van der Waals surface area (Å²) >= 11 is 5.91. The number of amides is 1. The maximum atomic E-state index is 12.2. The Morgan fingerprint density at radius 1 is 1.11 bits per heavy atom. The lowest BCUT2D eigenvalue weighted by Crippen LogP contribution is -2.22. The molecule has 0 saturated carbocycles. The maximum absolute atomic E-state index is 12.2. The number of pyridine rings is 1. The average Bonchev–Trinajstić information content (AvgIpc) is 3.39. The zero-order valence-electron chi connectivity index (χ0n) is 14.2. The van der Waals surface area contributed by atoms with Crippen molar-refractivity contribution in [2.45, 2.75) is 6.54 Å². The lowest BCUT2D eigenvalue weighted by molar-refractivity contribution is 0.0947. The van der Waals surface area contributed by atoms with Gasteiger partial charge in [-0.2, -0.15) is 5.10 Å². The quantitative estimate of drug-likeness (QED) is 0.567. The van der Waals surface area contributed by atoms with Crippen LogP contribution in [0.15, 0.2) is 77.8 Å². The van der Waals surface area contributed by atoms with E-state index in [-0.39, 0.29) is 5.91 Å². The Hall–Kier alpha value is -3.38. The minimum absolute atomic E-state index is 0.206. The van der Waals surface area contributed by atoms with E-state index in [1.54, 1.807) is 47.6 Å². The first-order chi connectivity index (χ1) is 13.2. The van der Waals surface area contributed by atoms with Crippen LogP contribution in [0.5, 0.6) is 0 Å². The van der Waals surface area contributed by atoms with Gasteiger partial charge in [-0.15, -0.1) is 0 Å². The predicted molar refractivity (Wildman–Crippen MR) is 102 cm³/mol. The van der Waals surface area contributed by atoms with E-state index >= 15 is 0 Å². The van der Waals surface area contributed by atoms with E-state index < -0.39 is 0 Å². The van der Waals surface area contributed by atoms with Gasteiger partial charge >= 0.3 is 0 Å². The van der Waals surface area contributed by atoms with E-state index in [4.69, 9.17) is 16.0 Å². The van der Waals surface area contributed by atoms with Crippen molar-refractivity contribution in [3.05, 3.63) is 89.7 Å². The molecule has 1 amide bonds. The number of nitrogens with zero attached hydrogens (tertiary/aromatic N) is 3. The molecule has 0 unspecified atom stereocenters. The Morgan fingerprint density at radius 2 is 1.96 bits per heavy atom. The fraction of sp³-hybridized carbons (Fsp3) is 0.0500. The van der Waals surface area contributed by atoms with Crippen molar-refractivity contribution in [1.82, 2.24) is 20.1 Å². The molecule has 0 aliphatic carbocycles. The number of nitrogens with one attached hydrogen (secondary N) is 1. The Balaban J connectivity index is 1.46. The first-order valence-electron chi connectivity index (χ1n) is 8.27. The number of aromatic nitrogens is 3. The standard InChI is InChI=1S/C20H15ClN4O2/c21-16-4-6-17(7-5-16)25-13-15(11-24-25)19-8-3-14(10-22-19)20(26)23-12-18-2-1-9-27-18/h1-11,13H,12H2,(H,23,26). The molecule has 0 aliphatic rings. The third-order valence-corrected chi connectivity index (χ3v) is 4.25. The van der Waals surface area contributed by atoms with Crippen molar-refractivity contribution in [1.29, 1.82) is 0 Å². The van der Waals surface area contributed by atoms with E-state index in [1.807, 2.05) is 30.5 Å². The molecule has 0 radical (unpaired) electrons. The first kappa shape index (κ1) is 17.1. The number of benzene rings is 1. The van der Waals surface area contributed by atoms with Crippen LogP contribution in [0, 0.1) is 0 Å². The highest BCUT2D eigenvalue weighted by Gasteiger charge is 2.09. The predicted octanol–water partition coefficient (Wildman–Crippen LogP) is 4.11. The second-order valence-corrected chi connectivity index (χ2v) is 6.28. The molecule has 27 heavy (non-hydrogen) atoms. The van der Waals surface area contributed by atoms with Crippen molar-refractivity contribution in [2.24, 2.45) is 0 Å². The van der Waals surface area contributed by atoms with Crippen LogP contribution < -0.4 is 5.32 Å². The van der Waals surface area contributed by atoms with Gasteiger partial charge in [-0.3, -0.25) is 9.78 Å². The normalized spacial score (nSPS) is 10.7. The summed E-state index contributed by atoms with van der Waals surface area (Å²) in [6.45, 7) is 0.335. The second-order valence-electron chi connectivity index (χ2n) is 5.84. The second kappa shape index (κ2) is 7.47. The molecule has 0 saturated heterocycles. The van der Waals surface area contributed by atoms with Crippen LogP contribution in [-0.4, -0.2) is 20.7 Å². The van der Waals surface area contributed by atoms with E-state index in [2.05, 4.69) is 15.4 Å². The molecule has 1 N–H and O–H groups in total. The summed E-state index contributed by atoms with van der Waals surface area (Å²) in [5.74, 6) is 0.491. The Morgan fingerprint density at radius 3 is 2.67 bits per heavy atom. The number of halogens is 1. The zero-order valence-corrected chi connectivity index (χ0v) is 14.9. The third-order valence-electron chi connectivity index (χ3n) is 4.00. The van der Waals surface area contributed by atoms with Gasteiger partial charge in [-0.1, -0.05) is 11.6 Å². The fourth-order valence-corrected chi connectivity index (χ4v) is 2.70. The Labute approximate surface area is 160 Å². The average molecular weight is 379 g/mol. The van der Waals surface area contributed by atoms with E-state index in [9.17, 15) is 4.79 Å². The van der Waals surface area contributed by atoms with Crippen LogP contribution in [-0.2, 0) is 6.54 Å². The van der Waals surface area contributed by atoms with Crippen molar-refractivity contribution < 1.29 is 9.21 Å². The zero-order chi connectivity index (χ0) is 18.6. The summed E-state index contributed by atoms with van der Waals surface area (Å²) in [6, 6.07) is 14.5. The van der Waals surface area contributed by atoms with Crippen molar-refractivity contribution in [3.8, 4) is 16.9 Å². The summed E-state index contributed by atoms with van der Waals surface area (Å²) in [5, 5.41) is 7.82. The highest BCUT2D eigenvalue weighted by atomic mass is 35.5. The van der Waals surface area contributed by atoms with Gasteiger partial charge in [0.15, 0.2) is 0 Å². The number of hydrogen-bond donors (Lipinski definition) is 1. The van der Waals surface area contributed by atoms with Crippen molar-refractivity contribution in [2.75, 3.05) is 0 Å². The van der Waals surface area contributed by atoms with Crippen LogP contribution in [0.1, 0.15) is 16.1 Å². The van der Waals surface area contributed by atoms with Crippen LogP contribution >= 0.6 is 11.6 Å². The molecule has 6 nitrogen and oxygen atoms in total.